The van der Waals surface area contributed by atoms with Gasteiger partial charge in [0.1, 0.15) is 10.6 Å². The topological polar surface area (TPSA) is 157 Å². The number of ether oxygens (including phenoxy) is 2. The molecule has 3 aromatic rings. The Morgan fingerprint density at radius 3 is 2.53 bits per heavy atom. The second-order valence-electron chi connectivity index (χ2n) is 7.68. The highest BCUT2D eigenvalue weighted by molar-refractivity contribution is 7.94. The Balaban J connectivity index is 1.54. The molecule has 4 rings (SSSR count). The van der Waals surface area contributed by atoms with Crippen LogP contribution in [0.1, 0.15) is 15.9 Å². The van der Waals surface area contributed by atoms with Crippen LogP contribution in [0.2, 0.25) is 0 Å². The van der Waals surface area contributed by atoms with E-state index in [-0.39, 0.29) is 47.8 Å². The number of carbonyl (C=O) groups is 1. The van der Waals surface area contributed by atoms with Crippen molar-refractivity contribution in [3.63, 3.8) is 0 Å². The van der Waals surface area contributed by atoms with Gasteiger partial charge in [-0.15, -0.1) is 10.2 Å². The van der Waals surface area contributed by atoms with Gasteiger partial charge in [0.25, 0.3) is 20.3 Å². The van der Waals surface area contributed by atoms with Crippen LogP contribution >= 0.6 is 11.3 Å². The minimum Gasteiger partial charge on any atom is -0.495 e. The highest BCUT2D eigenvalue weighted by Crippen LogP contribution is 2.31. The molecule has 2 N–H and O–H groups in total. The first-order chi connectivity index (χ1) is 17.1. The summed E-state index contributed by atoms with van der Waals surface area (Å²) in [6, 6.07) is 10.8. The van der Waals surface area contributed by atoms with E-state index in [0.29, 0.717) is 16.9 Å². The number of carbonyl (C=O) groups excluding carboxylic acids is 1. The van der Waals surface area contributed by atoms with E-state index in [4.69, 9.17) is 9.47 Å². The summed E-state index contributed by atoms with van der Waals surface area (Å²) in [5.41, 5.74) is 1.27. The molecule has 0 unspecified atom stereocenters. The van der Waals surface area contributed by atoms with Gasteiger partial charge in [0.05, 0.1) is 26.0 Å². The zero-order chi connectivity index (χ0) is 25.9. The van der Waals surface area contributed by atoms with E-state index in [9.17, 15) is 21.6 Å². The van der Waals surface area contributed by atoms with Gasteiger partial charge >= 0.3 is 0 Å². The van der Waals surface area contributed by atoms with Crippen molar-refractivity contribution in [1.29, 1.82) is 0 Å². The predicted octanol–water partition coefficient (Wildman–Crippen LogP) is 1.93. The number of sulfonamides is 2. The monoisotopic (exact) mass is 553 g/mol. The van der Waals surface area contributed by atoms with Crippen LogP contribution < -0.4 is 14.8 Å². The van der Waals surface area contributed by atoms with Crippen LogP contribution in [-0.4, -0.2) is 70.7 Å². The molecule has 0 spiro atoms. The summed E-state index contributed by atoms with van der Waals surface area (Å²) >= 11 is 0.657. The normalized spacial score (nSPS) is 14.8. The van der Waals surface area contributed by atoms with Crippen LogP contribution in [0.3, 0.4) is 0 Å². The van der Waals surface area contributed by atoms with Crippen LogP contribution in [0, 0.1) is 6.92 Å². The van der Waals surface area contributed by atoms with Crippen LogP contribution in [0.5, 0.6) is 5.75 Å². The summed E-state index contributed by atoms with van der Waals surface area (Å²) in [5.74, 6) is -0.388. The third-order valence-corrected chi connectivity index (χ3v) is 9.65. The first kappa shape index (κ1) is 26.0. The molecule has 1 amide bonds. The van der Waals surface area contributed by atoms with Gasteiger partial charge in [-0.2, -0.15) is 12.7 Å². The fourth-order valence-electron chi connectivity index (χ4n) is 3.39. The number of aromatic nitrogens is 2. The second kappa shape index (κ2) is 10.5. The Labute approximate surface area is 212 Å². The first-order valence-electron chi connectivity index (χ1n) is 10.6. The summed E-state index contributed by atoms with van der Waals surface area (Å²) < 4.78 is 65.7. The molecule has 0 radical (unpaired) electrons. The average Bonchev–Trinajstić information content (AvgIpc) is 3.34. The van der Waals surface area contributed by atoms with Crippen molar-refractivity contribution in [2.75, 3.05) is 43.5 Å². The number of aryl methyl sites for hydroxylation is 1. The maximum absolute atomic E-state index is 13.2. The van der Waals surface area contributed by atoms with E-state index in [0.717, 1.165) is 5.56 Å². The number of anilines is 2. The summed E-state index contributed by atoms with van der Waals surface area (Å²) in [7, 11) is -6.87. The molecule has 36 heavy (non-hydrogen) atoms. The van der Waals surface area contributed by atoms with Crippen LogP contribution in [0.4, 0.5) is 10.8 Å². The Kier molecular flexibility index (Phi) is 7.56. The number of hydrogen-bond donors (Lipinski definition) is 2. The Morgan fingerprint density at radius 1 is 1.08 bits per heavy atom. The molecule has 12 nitrogen and oxygen atoms in total. The van der Waals surface area contributed by atoms with E-state index >= 15 is 0 Å². The highest BCUT2D eigenvalue weighted by atomic mass is 32.2. The molecule has 1 saturated heterocycles. The highest BCUT2D eigenvalue weighted by Gasteiger charge is 2.30. The number of amides is 1. The van der Waals surface area contributed by atoms with Gasteiger partial charge in [-0.05, 0) is 37.3 Å². The van der Waals surface area contributed by atoms with Gasteiger partial charge in [-0.25, -0.2) is 8.42 Å². The number of nitrogens with zero attached hydrogens (tertiary/aromatic N) is 3. The van der Waals surface area contributed by atoms with Gasteiger partial charge in [0.2, 0.25) is 15.2 Å². The van der Waals surface area contributed by atoms with E-state index < -0.39 is 30.3 Å². The molecule has 1 aromatic heterocycles. The maximum Gasteiger partial charge on any atom is 0.291 e. The van der Waals surface area contributed by atoms with Crippen molar-refractivity contribution in [2.24, 2.45) is 0 Å². The van der Waals surface area contributed by atoms with Crippen LogP contribution in [0.15, 0.2) is 51.7 Å². The smallest absolute Gasteiger partial charge is 0.291 e. The molecular formula is C21H23N5O7S3. The van der Waals surface area contributed by atoms with Gasteiger partial charge in [0.15, 0.2) is 0 Å². The van der Waals surface area contributed by atoms with Crippen molar-refractivity contribution in [1.82, 2.24) is 14.5 Å². The SMILES string of the molecule is COc1ccc(NS(=O)(=O)c2nnc(NC(=O)c3cccc(C)c3)s2)cc1S(=O)(=O)N1CCOCC1. The Morgan fingerprint density at radius 2 is 1.83 bits per heavy atom. The quantitative estimate of drug-likeness (QED) is 0.398. The Bertz CT molecular complexity index is 1480. The molecule has 0 bridgehead atoms. The van der Waals surface area contributed by atoms with Crippen LogP contribution in [-0.2, 0) is 24.8 Å². The lowest BCUT2D eigenvalue weighted by molar-refractivity contribution is 0.0729. The zero-order valence-corrected chi connectivity index (χ0v) is 21.7. The van der Waals surface area contributed by atoms with E-state index in [1.54, 1.807) is 18.2 Å². The first-order valence-corrected chi connectivity index (χ1v) is 14.3. The zero-order valence-electron chi connectivity index (χ0n) is 19.3. The van der Waals surface area contributed by atoms with Gasteiger partial charge < -0.3 is 9.47 Å². The van der Waals surface area contributed by atoms with Crippen LogP contribution in [0.25, 0.3) is 0 Å². The Hall–Kier alpha value is -3.11. The van der Waals surface area contributed by atoms with Crippen molar-refractivity contribution in [3.8, 4) is 5.75 Å². The number of rotatable bonds is 8. The maximum atomic E-state index is 13.2. The number of benzene rings is 2. The standard InChI is InChI=1S/C21H23N5O7S3/c1-14-4-3-5-15(12-14)19(27)22-20-23-24-21(34-20)35(28,29)25-16-6-7-17(32-2)18(13-16)36(30,31)26-8-10-33-11-9-26/h3-7,12-13,25H,8-11H2,1-2H3,(H,22,23,27). The average molecular weight is 554 g/mol. The molecule has 2 heterocycles. The lowest BCUT2D eigenvalue weighted by Crippen LogP contribution is -2.40. The van der Waals surface area contributed by atoms with Gasteiger partial charge in [-0.3, -0.25) is 14.8 Å². The van der Waals surface area contributed by atoms with Crippen molar-refractivity contribution < 1.29 is 31.1 Å². The molecule has 15 heteroatoms. The summed E-state index contributed by atoms with van der Waals surface area (Å²) in [6.45, 7) is 2.70. The molecule has 0 atom stereocenters. The van der Waals surface area contributed by atoms with E-state index in [1.807, 2.05) is 13.0 Å². The molecule has 1 aliphatic heterocycles. The molecule has 192 valence electrons. The third-order valence-electron chi connectivity index (χ3n) is 5.14. The summed E-state index contributed by atoms with van der Waals surface area (Å²) in [6.07, 6.45) is 0. The number of hydrogen-bond acceptors (Lipinski definition) is 10. The number of methoxy groups -OCH3 is 1. The van der Waals surface area contributed by atoms with Crippen molar-refractivity contribution in [2.45, 2.75) is 16.2 Å². The summed E-state index contributed by atoms with van der Waals surface area (Å²) in [5, 5.41) is 9.92. The molecule has 2 aromatic carbocycles. The van der Waals surface area contributed by atoms with Crippen molar-refractivity contribution in [3.05, 3.63) is 53.6 Å². The number of nitrogens with one attached hydrogen (secondary N) is 2. The largest absolute Gasteiger partial charge is 0.495 e. The van der Waals surface area contributed by atoms with Gasteiger partial charge in [-0.1, -0.05) is 29.0 Å². The molecule has 0 saturated carbocycles. The molecule has 0 aliphatic carbocycles. The van der Waals surface area contributed by atoms with E-state index in [1.165, 1.54) is 29.6 Å². The van der Waals surface area contributed by atoms with Crippen molar-refractivity contribution >= 4 is 48.1 Å². The fourth-order valence-corrected chi connectivity index (χ4v) is 6.93. The number of morpholine rings is 1. The lowest BCUT2D eigenvalue weighted by Gasteiger charge is -2.26. The molecule has 1 aliphatic rings. The minimum absolute atomic E-state index is 0.00723. The van der Waals surface area contributed by atoms with Gasteiger partial charge in [0, 0.05) is 18.7 Å². The van der Waals surface area contributed by atoms with E-state index in [2.05, 4.69) is 20.2 Å². The lowest BCUT2D eigenvalue weighted by atomic mass is 10.1. The fraction of sp³-hybridized carbons (Fsp3) is 0.286. The molecular weight excluding hydrogens is 530 g/mol. The minimum atomic E-state index is -4.23. The second-order valence-corrected chi connectivity index (χ2v) is 12.4. The predicted molar refractivity (Wildman–Crippen MR) is 132 cm³/mol. The molecule has 1 fully saturated rings. The third kappa shape index (κ3) is 5.65. The summed E-state index contributed by atoms with van der Waals surface area (Å²) in [4.78, 5) is 12.2.